The molecule has 0 aliphatic rings. The van der Waals surface area contributed by atoms with Crippen LogP contribution in [0, 0.1) is 0 Å². The number of hydrogen-bond donors (Lipinski definition) is 1. The van der Waals surface area contributed by atoms with Crippen molar-refractivity contribution < 1.29 is 19.1 Å². The van der Waals surface area contributed by atoms with Crippen LogP contribution in [0.25, 0.3) is 11.3 Å². The first-order valence-electron chi connectivity index (χ1n) is 4.89. The summed E-state index contributed by atoms with van der Waals surface area (Å²) >= 11 is 6.76. The molecule has 94 valence electrons. The number of carbonyl (C=O) groups is 1. The molecular weight excluding hydrogens is 368 g/mol. The van der Waals surface area contributed by atoms with Gasteiger partial charge >= 0.3 is 5.97 Å². The molecule has 0 amide bonds. The van der Waals surface area contributed by atoms with Crippen molar-refractivity contribution in [2.24, 2.45) is 0 Å². The third kappa shape index (κ3) is 2.44. The molecule has 0 bridgehead atoms. The number of carboxylic acid groups (broad SMARTS) is 1. The molecule has 2 rings (SSSR count). The summed E-state index contributed by atoms with van der Waals surface area (Å²) in [5.41, 5.74) is 0.725. The summed E-state index contributed by atoms with van der Waals surface area (Å²) in [7, 11) is 1.56. The summed E-state index contributed by atoms with van der Waals surface area (Å²) in [5.74, 6) is -0.0909. The third-order valence-electron chi connectivity index (χ3n) is 2.32. The summed E-state index contributed by atoms with van der Waals surface area (Å²) in [4.78, 5) is 10.8. The van der Waals surface area contributed by atoms with Crippen molar-refractivity contribution in [3.05, 3.63) is 39.0 Å². The van der Waals surface area contributed by atoms with E-state index >= 15 is 0 Å². The largest absolute Gasteiger partial charge is 0.496 e. The second-order valence-electron chi connectivity index (χ2n) is 3.44. The molecule has 1 N–H and O–H groups in total. The molecular formula is C12H8Br2O4. The minimum Gasteiger partial charge on any atom is -0.496 e. The van der Waals surface area contributed by atoms with Crippen LogP contribution in [0.15, 0.2) is 37.6 Å². The molecule has 1 aromatic heterocycles. The zero-order valence-corrected chi connectivity index (χ0v) is 12.4. The highest BCUT2D eigenvalue weighted by Gasteiger charge is 2.14. The zero-order chi connectivity index (χ0) is 13.3. The Morgan fingerprint density at radius 3 is 2.56 bits per heavy atom. The van der Waals surface area contributed by atoms with Crippen LogP contribution in [0.5, 0.6) is 5.75 Å². The van der Waals surface area contributed by atoms with E-state index in [9.17, 15) is 4.79 Å². The van der Waals surface area contributed by atoms with E-state index in [4.69, 9.17) is 14.3 Å². The number of benzene rings is 1. The molecule has 1 heterocycles. The van der Waals surface area contributed by atoms with E-state index in [2.05, 4.69) is 31.9 Å². The van der Waals surface area contributed by atoms with Gasteiger partial charge in [-0.15, -0.1) is 0 Å². The average Bonchev–Trinajstić information content (AvgIpc) is 2.78. The van der Waals surface area contributed by atoms with E-state index in [1.165, 1.54) is 6.07 Å². The molecule has 0 spiro atoms. The topological polar surface area (TPSA) is 59.7 Å². The maximum atomic E-state index is 10.8. The number of halogens is 2. The highest BCUT2D eigenvalue weighted by molar-refractivity contribution is 9.11. The Balaban J connectivity index is 2.52. The van der Waals surface area contributed by atoms with Crippen molar-refractivity contribution in [3.8, 4) is 17.1 Å². The standard InChI is InChI=1S/C12H8Br2O4/c1-17-11-4-6(7(13)5-8(11)14)9-2-3-10(18-9)12(15)16/h2-5H,1H3,(H,15,16). The Kier molecular flexibility index (Phi) is 3.77. The van der Waals surface area contributed by atoms with E-state index in [1.54, 1.807) is 19.2 Å². The highest BCUT2D eigenvalue weighted by atomic mass is 79.9. The maximum Gasteiger partial charge on any atom is 0.371 e. The van der Waals surface area contributed by atoms with Crippen LogP contribution in [0.3, 0.4) is 0 Å². The van der Waals surface area contributed by atoms with Gasteiger partial charge in [-0.2, -0.15) is 0 Å². The Morgan fingerprint density at radius 1 is 1.28 bits per heavy atom. The van der Waals surface area contributed by atoms with E-state index in [1.807, 2.05) is 6.07 Å². The van der Waals surface area contributed by atoms with Gasteiger partial charge in [0.1, 0.15) is 11.5 Å². The van der Waals surface area contributed by atoms with Gasteiger partial charge in [-0.25, -0.2) is 4.79 Å². The molecule has 0 saturated carbocycles. The van der Waals surface area contributed by atoms with Gasteiger partial charge in [0.05, 0.1) is 11.6 Å². The van der Waals surface area contributed by atoms with Gasteiger partial charge in [-0.05, 0) is 56.1 Å². The molecule has 1 aromatic carbocycles. The fraction of sp³-hybridized carbons (Fsp3) is 0.0833. The molecule has 4 nitrogen and oxygen atoms in total. The number of rotatable bonds is 3. The van der Waals surface area contributed by atoms with E-state index in [-0.39, 0.29) is 5.76 Å². The molecule has 2 aromatic rings. The van der Waals surface area contributed by atoms with E-state index in [0.29, 0.717) is 11.5 Å². The van der Waals surface area contributed by atoms with Crippen LogP contribution >= 0.6 is 31.9 Å². The molecule has 6 heteroatoms. The molecule has 0 radical (unpaired) electrons. The van der Waals surface area contributed by atoms with Gasteiger partial charge in [0.25, 0.3) is 0 Å². The van der Waals surface area contributed by atoms with Gasteiger partial charge in [0.15, 0.2) is 0 Å². The number of furan rings is 1. The van der Waals surface area contributed by atoms with Crippen LogP contribution in [-0.2, 0) is 0 Å². The van der Waals surface area contributed by atoms with Gasteiger partial charge in [0, 0.05) is 10.0 Å². The normalized spacial score (nSPS) is 10.4. The van der Waals surface area contributed by atoms with Crippen molar-refractivity contribution in [2.45, 2.75) is 0 Å². The van der Waals surface area contributed by atoms with Crippen LogP contribution in [-0.4, -0.2) is 18.2 Å². The highest BCUT2D eigenvalue weighted by Crippen LogP contribution is 2.37. The number of methoxy groups -OCH3 is 1. The molecule has 0 aliphatic carbocycles. The lowest BCUT2D eigenvalue weighted by molar-refractivity contribution is 0.0663. The van der Waals surface area contributed by atoms with Crippen molar-refractivity contribution >= 4 is 37.8 Å². The van der Waals surface area contributed by atoms with Gasteiger partial charge in [-0.3, -0.25) is 0 Å². The Morgan fingerprint density at radius 2 is 2.00 bits per heavy atom. The molecule has 18 heavy (non-hydrogen) atoms. The first-order chi connectivity index (χ1) is 8.52. The fourth-order valence-corrected chi connectivity index (χ4v) is 2.82. The van der Waals surface area contributed by atoms with Gasteiger partial charge < -0.3 is 14.3 Å². The summed E-state index contributed by atoms with van der Waals surface area (Å²) < 4.78 is 12.0. The predicted molar refractivity (Wildman–Crippen MR) is 73.1 cm³/mol. The molecule has 0 fully saturated rings. The number of aromatic carboxylic acids is 1. The summed E-state index contributed by atoms with van der Waals surface area (Å²) in [6, 6.07) is 6.60. The maximum absolute atomic E-state index is 10.8. The van der Waals surface area contributed by atoms with Crippen molar-refractivity contribution in [2.75, 3.05) is 7.11 Å². The van der Waals surface area contributed by atoms with Crippen molar-refractivity contribution in [3.63, 3.8) is 0 Å². The minimum atomic E-state index is -1.10. The van der Waals surface area contributed by atoms with E-state index in [0.717, 1.165) is 14.5 Å². The lowest BCUT2D eigenvalue weighted by atomic mass is 10.1. The third-order valence-corrected chi connectivity index (χ3v) is 3.60. The van der Waals surface area contributed by atoms with Crippen molar-refractivity contribution in [1.82, 2.24) is 0 Å². The first kappa shape index (κ1) is 13.2. The SMILES string of the molecule is COc1cc(-c2ccc(C(=O)O)o2)c(Br)cc1Br. The van der Waals surface area contributed by atoms with Gasteiger partial charge in [0.2, 0.25) is 5.76 Å². The summed E-state index contributed by atoms with van der Waals surface area (Å²) in [5, 5.41) is 8.82. The number of ether oxygens (including phenoxy) is 1. The van der Waals surface area contributed by atoms with Gasteiger partial charge in [-0.1, -0.05) is 0 Å². The predicted octanol–water partition coefficient (Wildman–Crippen LogP) is 4.18. The number of carboxylic acids is 1. The van der Waals surface area contributed by atoms with E-state index < -0.39 is 5.97 Å². The average molecular weight is 376 g/mol. The molecule has 0 aliphatic heterocycles. The molecule has 0 saturated heterocycles. The Bertz CT molecular complexity index is 604. The summed E-state index contributed by atoms with van der Waals surface area (Å²) in [6.45, 7) is 0. The smallest absolute Gasteiger partial charge is 0.371 e. The Hall–Kier alpha value is -1.27. The number of hydrogen-bond acceptors (Lipinski definition) is 3. The Labute approximate surface area is 120 Å². The van der Waals surface area contributed by atoms with Crippen LogP contribution in [0.4, 0.5) is 0 Å². The second-order valence-corrected chi connectivity index (χ2v) is 5.14. The zero-order valence-electron chi connectivity index (χ0n) is 9.24. The lowest BCUT2D eigenvalue weighted by Crippen LogP contribution is -1.91. The van der Waals surface area contributed by atoms with Crippen LogP contribution < -0.4 is 4.74 Å². The monoisotopic (exact) mass is 374 g/mol. The second kappa shape index (κ2) is 5.16. The molecule has 0 unspecified atom stereocenters. The quantitative estimate of drug-likeness (QED) is 0.874. The van der Waals surface area contributed by atoms with Crippen LogP contribution in [0.2, 0.25) is 0 Å². The minimum absolute atomic E-state index is 0.0983. The first-order valence-corrected chi connectivity index (χ1v) is 6.48. The van der Waals surface area contributed by atoms with Crippen molar-refractivity contribution in [1.29, 1.82) is 0 Å². The summed E-state index contributed by atoms with van der Waals surface area (Å²) in [6.07, 6.45) is 0. The van der Waals surface area contributed by atoms with Crippen LogP contribution in [0.1, 0.15) is 10.6 Å². The lowest BCUT2D eigenvalue weighted by Gasteiger charge is -2.07. The molecule has 0 atom stereocenters. The fourth-order valence-electron chi connectivity index (χ4n) is 1.47.